The van der Waals surface area contributed by atoms with Gasteiger partial charge in [0.25, 0.3) is 0 Å². The monoisotopic (exact) mass is 308 g/mol. The second kappa shape index (κ2) is 7.20. The molecule has 122 valence electrons. The first-order valence-electron chi connectivity index (χ1n) is 7.86. The summed E-state index contributed by atoms with van der Waals surface area (Å²) in [6.45, 7) is 7.15. The van der Waals surface area contributed by atoms with E-state index in [-0.39, 0.29) is 35.8 Å². The molecule has 0 saturated carbocycles. The van der Waals surface area contributed by atoms with Crippen molar-refractivity contribution in [3.05, 3.63) is 35.6 Å². The SMILES string of the molecule is CC(NC(=O)C(C)N1CCC(C(C)O)C1)c1ccc(F)cc1. The van der Waals surface area contributed by atoms with Crippen molar-refractivity contribution < 1.29 is 14.3 Å². The summed E-state index contributed by atoms with van der Waals surface area (Å²) in [5, 5.41) is 12.6. The van der Waals surface area contributed by atoms with Crippen molar-refractivity contribution in [2.24, 2.45) is 5.92 Å². The average Bonchev–Trinajstić information content (AvgIpc) is 2.97. The Morgan fingerprint density at radius 2 is 1.95 bits per heavy atom. The quantitative estimate of drug-likeness (QED) is 0.876. The Hall–Kier alpha value is -1.46. The number of nitrogens with one attached hydrogen (secondary N) is 1. The fourth-order valence-electron chi connectivity index (χ4n) is 2.90. The molecule has 22 heavy (non-hydrogen) atoms. The minimum absolute atomic E-state index is 0.0388. The van der Waals surface area contributed by atoms with Crippen molar-refractivity contribution in [2.45, 2.75) is 45.4 Å². The van der Waals surface area contributed by atoms with Crippen LogP contribution in [-0.2, 0) is 4.79 Å². The number of nitrogens with zero attached hydrogens (tertiary/aromatic N) is 1. The van der Waals surface area contributed by atoms with Crippen molar-refractivity contribution in [1.29, 1.82) is 0 Å². The average molecular weight is 308 g/mol. The minimum Gasteiger partial charge on any atom is -0.393 e. The molecule has 1 aliphatic heterocycles. The zero-order chi connectivity index (χ0) is 16.3. The van der Waals surface area contributed by atoms with Crippen LogP contribution in [0.15, 0.2) is 24.3 Å². The van der Waals surface area contributed by atoms with Crippen LogP contribution in [0, 0.1) is 11.7 Å². The Kier molecular flexibility index (Phi) is 5.53. The van der Waals surface area contributed by atoms with Crippen LogP contribution >= 0.6 is 0 Å². The molecular formula is C17H25FN2O2. The van der Waals surface area contributed by atoms with E-state index < -0.39 is 0 Å². The van der Waals surface area contributed by atoms with Crippen molar-refractivity contribution in [2.75, 3.05) is 13.1 Å². The fourth-order valence-corrected chi connectivity index (χ4v) is 2.90. The third kappa shape index (κ3) is 4.05. The number of benzene rings is 1. The van der Waals surface area contributed by atoms with Gasteiger partial charge in [0.1, 0.15) is 5.82 Å². The lowest BCUT2D eigenvalue weighted by atomic mass is 10.0. The largest absolute Gasteiger partial charge is 0.393 e. The standard InChI is InChI=1S/C17H25FN2O2/c1-11(14-4-6-16(18)7-5-14)19-17(22)12(2)20-9-8-15(10-20)13(3)21/h4-7,11-13,15,21H,8-10H2,1-3H3,(H,19,22). The summed E-state index contributed by atoms with van der Waals surface area (Å²) in [6.07, 6.45) is 0.585. The molecule has 1 fully saturated rings. The van der Waals surface area contributed by atoms with E-state index in [1.54, 1.807) is 19.1 Å². The number of carbonyl (C=O) groups excluding carboxylic acids is 1. The normalized spacial score (nSPS) is 23.0. The summed E-state index contributed by atoms with van der Waals surface area (Å²) in [5.41, 5.74) is 0.880. The highest BCUT2D eigenvalue weighted by molar-refractivity contribution is 5.81. The van der Waals surface area contributed by atoms with E-state index in [1.807, 2.05) is 13.8 Å². The highest BCUT2D eigenvalue weighted by atomic mass is 19.1. The Balaban J connectivity index is 1.90. The van der Waals surface area contributed by atoms with Crippen LogP contribution in [0.5, 0.6) is 0 Å². The molecule has 1 amide bonds. The van der Waals surface area contributed by atoms with Gasteiger partial charge in [-0.1, -0.05) is 12.1 Å². The van der Waals surface area contributed by atoms with E-state index in [9.17, 15) is 14.3 Å². The predicted octanol–water partition coefficient (Wildman–Crippen LogP) is 2.09. The molecule has 2 rings (SSSR count). The van der Waals surface area contributed by atoms with Crippen LogP contribution < -0.4 is 5.32 Å². The van der Waals surface area contributed by atoms with Gasteiger partial charge >= 0.3 is 0 Å². The maximum Gasteiger partial charge on any atom is 0.237 e. The molecule has 1 aliphatic rings. The van der Waals surface area contributed by atoms with Gasteiger partial charge in [-0.15, -0.1) is 0 Å². The molecule has 0 aromatic heterocycles. The van der Waals surface area contributed by atoms with E-state index in [4.69, 9.17) is 0 Å². The summed E-state index contributed by atoms with van der Waals surface area (Å²) in [6, 6.07) is 5.77. The predicted molar refractivity (Wildman–Crippen MR) is 83.8 cm³/mol. The first kappa shape index (κ1) is 16.9. The lowest BCUT2D eigenvalue weighted by molar-refractivity contribution is -0.126. The van der Waals surface area contributed by atoms with Gasteiger partial charge < -0.3 is 10.4 Å². The molecule has 1 aromatic carbocycles. The van der Waals surface area contributed by atoms with Crippen LogP contribution in [0.3, 0.4) is 0 Å². The smallest absolute Gasteiger partial charge is 0.237 e. The van der Waals surface area contributed by atoms with Gasteiger partial charge in [-0.3, -0.25) is 9.69 Å². The lowest BCUT2D eigenvalue weighted by Gasteiger charge is -2.25. The first-order chi connectivity index (χ1) is 10.4. The Bertz CT molecular complexity index is 504. The Morgan fingerprint density at radius 3 is 2.50 bits per heavy atom. The van der Waals surface area contributed by atoms with Crippen molar-refractivity contribution >= 4 is 5.91 Å². The van der Waals surface area contributed by atoms with Gasteiger partial charge in [-0.25, -0.2) is 4.39 Å². The lowest BCUT2D eigenvalue weighted by Crippen LogP contribution is -2.45. The van der Waals surface area contributed by atoms with Crippen LogP contribution in [0.2, 0.25) is 0 Å². The fraction of sp³-hybridized carbons (Fsp3) is 0.588. The molecule has 1 heterocycles. The molecule has 4 atom stereocenters. The number of amides is 1. The molecule has 4 unspecified atom stereocenters. The maximum atomic E-state index is 12.9. The summed E-state index contributed by atoms with van der Waals surface area (Å²) < 4.78 is 12.9. The molecule has 1 saturated heterocycles. The number of aliphatic hydroxyl groups is 1. The van der Waals surface area contributed by atoms with Crippen molar-refractivity contribution in [1.82, 2.24) is 10.2 Å². The number of likely N-dealkylation sites (tertiary alicyclic amines) is 1. The molecule has 1 aromatic rings. The van der Waals surface area contributed by atoms with E-state index in [0.29, 0.717) is 0 Å². The Morgan fingerprint density at radius 1 is 1.32 bits per heavy atom. The van der Waals surface area contributed by atoms with Gasteiger partial charge in [0, 0.05) is 6.54 Å². The zero-order valence-electron chi connectivity index (χ0n) is 13.4. The number of rotatable bonds is 5. The zero-order valence-corrected chi connectivity index (χ0v) is 13.4. The number of aliphatic hydroxyl groups excluding tert-OH is 1. The van der Waals surface area contributed by atoms with Crippen molar-refractivity contribution in [3.8, 4) is 0 Å². The molecule has 0 spiro atoms. The van der Waals surface area contributed by atoms with Gasteiger partial charge in [-0.2, -0.15) is 0 Å². The van der Waals surface area contributed by atoms with E-state index in [1.165, 1.54) is 12.1 Å². The number of hydrogen-bond acceptors (Lipinski definition) is 3. The summed E-state index contributed by atoms with van der Waals surface area (Å²) in [5.74, 6) is -0.0790. The Labute approximate surface area is 131 Å². The van der Waals surface area contributed by atoms with E-state index in [2.05, 4.69) is 10.2 Å². The highest BCUT2D eigenvalue weighted by Crippen LogP contribution is 2.22. The topological polar surface area (TPSA) is 52.6 Å². The molecule has 2 N–H and O–H groups in total. The minimum atomic E-state index is -0.335. The van der Waals surface area contributed by atoms with Gasteiger partial charge in [0.15, 0.2) is 0 Å². The summed E-state index contributed by atoms with van der Waals surface area (Å²) in [7, 11) is 0. The van der Waals surface area contributed by atoms with Crippen LogP contribution in [0.1, 0.15) is 38.8 Å². The van der Waals surface area contributed by atoms with Crippen LogP contribution in [-0.4, -0.2) is 41.1 Å². The molecular weight excluding hydrogens is 283 g/mol. The number of hydrogen-bond donors (Lipinski definition) is 2. The van der Waals surface area contributed by atoms with Gasteiger partial charge in [0.05, 0.1) is 18.2 Å². The third-order valence-electron chi connectivity index (χ3n) is 4.59. The van der Waals surface area contributed by atoms with Crippen LogP contribution in [0.25, 0.3) is 0 Å². The van der Waals surface area contributed by atoms with E-state index >= 15 is 0 Å². The molecule has 0 bridgehead atoms. The summed E-state index contributed by atoms with van der Waals surface area (Å²) >= 11 is 0. The van der Waals surface area contributed by atoms with Crippen LogP contribution in [0.4, 0.5) is 4.39 Å². The highest BCUT2D eigenvalue weighted by Gasteiger charge is 2.31. The second-order valence-corrected chi connectivity index (χ2v) is 6.24. The molecule has 5 heteroatoms. The number of halogens is 1. The second-order valence-electron chi connectivity index (χ2n) is 6.24. The van der Waals surface area contributed by atoms with Gasteiger partial charge in [-0.05, 0) is 57.4 Å². The first-order valence-corrected chi connectivity index (χ1v) is 7.86. The summed E-state index contributed by atoms with van der Waals surface area (Å²) in [4.78, 5) is 14.5. The maximum absolute atomic E-state index is 12.9. The van der Waals surface area contributed by atoms with E-state index in [0.717, 1.165) is 25.1 Å². The third-order valence-corrected chi connectivity index (χ3v) is 4.59. The molecule has 0 aliphatic carbocycles. The van der Waals surface area contributed by atoms with Gasteiger partial charge in [0.2, 0.25) is 5.91 Å². The van der Waals surface area contributed by atoms with Crippen molar-refractivity contribution in [3.63, 3.8) is 0 Å². The number of carbonyl (C=O) groups is 1. The molecule has 0 radical (unpaired) electrons. The molecule has 4 nitrogen and oxygen atoms in total.